The van der Waals surface area contributed by atoms with Crippen molar-refractivity contribution in [3.05, 3.63) is 101 Å². The summed E-state index contributed by atoms with van der Waals surface area (Å²) in [5.41, 5.74) is 14.4. The normalized spacial score (nSPS) is 11.7. The van der Waals surface area contributed by atoms with Crippen LogP contribution < -0.4 is 11.5 Å². The highest BCUT2D eigenvalue weighted by molar-refractivity contribution is 5.82. The van der Waals surface area contributed by atoms with E-state index < -0.39 is 5.92 Å². The number of phenols is 3. The molecule has 0 radical (unpaired) electrons. The molecule has 2 aromatic heterocycles. The standard InChI is InChI=1S/C25H22N10O3/c26-24-28-13-32-34(24)30-11-15-1-7-21(37)19(9-15)23(17-3-5-18(36)6-4-17)20-10-16(2-8-22(20)38)12-31-35-25(27)29-14-33-35/h1-14,23,36-38H,(H2,26,28,32)(H2,27,29,33)/b30-11+,31-12+. The van der Waals surface area contributed by atoms with Crippen LogP contribution in [-0.2, 0) is 0 Å². The fraction of sp³-hybridized carbons (Fsp3) is 0.0400. The lowest BCUT2D eigenvalue weighted by molar-refractivity contribution is 0.458. The minimum Gasteiger partial charge on any atom is -0.508 e. The lowest BCUT2D eigenvalue weighted by Crippen LogP contribution is -2.06. The van der Waals surface area contributed by atoms with E-state index in [0.29, 0.717) is 27.8 Å². The Morgan fingerprint density at radius 1 is 0.684 bits per heavy atom. The van der Waals surface area contributed by atoms with Gasteiger partial charge >= 0.3 is 0 Å². The molecule has 2 heterocycles. The van der Waals surface area contributed by atoms with Crippen LogP contribution in [0.15, 0.2) is 83.5 Å². The summed E-state index contributed by atoms with van der Waals surface area (Å²) in [4.78, 5) is 10.00. The van der Waals surface area contributed by atoms with Crippen LogP contribution in [0.4, 0.5) is 11.9 Å². The highest BCUT2D eigenvalue weighted by Crippen LogP contribution is 2.41. The predicted molar refractivity (Wildman–Crippen MR) is 140 cm³/mol. The Labute approximate surface area is 215 Å². The molecule has 0 aliphatic rings. The second kappa shape index (κ2) is 10.1. The third kappa shape index (κ3) is 4.97. The molecule has 5 rings (SSSR count). The Kier molecular flexibility index (Phi) is 6.38. The largest absolute Gasteiger partial charge is 0.508 e. The van der Waals surface area contributed by atoms with Crippen molar-refractivity contribution in [1.82, 2.24) is 29.7 Å². The summed E-state index contributed by atoms with van der Waals surface area (Å²) in [6.45, 7) is 0. The molecule has 3 aromatic carbocycles. The van der Waals surface area contributed by atoms with E-state index in [9.17, 15) is 15.3 Å². The zero-order valence-corrected chi connectivity index (χ0v) is 19.7. The first-order valence-corrected chi connectivity index (χ1v) is 11.2. The third-order valence-corrected chi connectivity index (χ3v) is 5.70. The SMILES string of the molecule is Nc1ncnn1/N=C/c1ccc(O)c(C(c2ccc(O)cc2)c2cc(/C=N/n3ncnc3N)ccc2O)c1. The average Bonchev–Trinajstić information content (AvgIpc) is 3.52. The summed E-state index contributed by atoms with van der Waals surface area (Å²) in [5.74, 6) is -0.316. The summed E-state index contributed by atoms with van der Waals surface area (Å²) in [5, 5.41) is 47.9. The fourth-order valence-electron chi connectivity index (χ4n) is 3.87. The topological polar surface area (TPSA) is 199 Å². The van der Waals surface area contributed by atoms with Gasteiger partial charge < -0.3 is 26.8 Å². The van der Waals surface area contributed by atoms with Gasteiger partial charge in [-0.2, -0.15) is 20.2 Å². The number of phenolic OH excluding ortho intramolecular Hbond substituents is 3. The first kappa shape index (κ1) is 24.0. The summed E-state index contributed by atoms with van der Waals surface area (Å²) < 4.78 is 0. The number of nitrogen functional groups attached to an aromatic ring is 2. The Hall–Kier alpha value is -5.72. The number of aromatic hydroxyl groups is 3. The number of aromatic nitrogens is 6. The molecule has 0 bridgehead atoms. The second-order valence-electron chi connectivity index (χ2n) is 8.17. The van der Waals surface area contributed by atoms with E-state index in [4.69, 9.17) is 11.5 Å². The van der Waals surface area contributed by atoms with Crippen molar-refractivity contribution >= 4 is 24.3 Å². The van der Waals surface area contributed by atoms with Gasteiger partial charge in [0.05, 0.1) is 12.4 Å². The molecule has 7 N–H and O–H groups in total. The monoisotopic (exact) mass is 510 g/mol. The number of rotatable bonds is 7. The summed E-state index contributed by atoms with van der Waals surface area (Å²) in [6.07, 6.45) is 5.61. The molecule has 0 saturated carbocycles. The van der Waals surface area contributed by atoms with Crippen molar-refractivity contribution in [3.8, 4) is 17.2 Å². The number of nitrogens with two attached hydrogens (primary N) is 2. The van der Waals surface area contributed by atoms with Crippen molar-refractivity contribution in [3.63, 3.8) is 0 Å². The summed E-state index contributed by atoms with van der Waals surface area (Å²) in [6, 6.07) is 16.4. The van der Waals surface area contributed by atoms with E-state index in [1.165, 1.54) is 58.9 Å². The Morgan fingerprint density at radius 3 is 1.58 bits per heavy atom. The molecule has 190 valence electrons. The van der Waals surface area contributed by atoms with Crippen LogP contribution in [0, 0.1) is 0 Å². The number of hydrogen-bond donors (Lipinski definition) is 5. The van der Waals surface area contributed by atoms with E-state index >= 15 is 0 Å². The molecular formula is C25H22N10O3. The molecule has 0 fully saturated rings. The molecule has 0 aliphatic heterocycles. The molecule has 0 amide bonds. The van der Waals surface area contributed by atoms with Crippen molar-refractivity contribution in [2.45, 2.75) is 5.92 Å². The maximum absolute atomic E-state index is 10.9. The number of hydrogen-bond acceptors (Lipinski definition) is 11. The molecule has 13 nitrogen and oxygen atoms in total. The summed E-state index contributed by atoms with van der Waals surface area (Å²) in [7, 11) is 0. The smallest absolute Gasteiger partial charge is 0.241 e. The van der Waals surface area contributed by atoms with Gasteiger partial charge in [-0.25, -0.2) is 0 Å². The van der Waals surface area contributed by atoms with E-state index in [0.717, 1.165) is 0 Å². The van der Waals surface area contributed by atoms with Gasteiger partial charge in [0, 0.05) is 17.0 Å². The number of nitrogens with zero attached hydrogens (tertiary/aromatic N) is 8. The van der Waals surface area contributed by atoms with Crippen LogP contribution in [0.3, 0.4) is 0 Å². The van der Waals surface area contributed by atoms with Gasteiger partial charge in [0.2, 0.25) is 11.9 Å². The lowest BCUT2D eigenvalue weighted by Gasteiger charge is -2.22. The molecule has 0 saturated heterocycles. The van der Waals surface area contributed by atoms with E-state index in [2.05, 4.69) is 30.4 Å². The molecular weight excluding hydrogens is 488 g/mol. The van der Waals surface area contributed by atoms with E-state index in [1.54, 1.807) is 36.4 Å². The van der Waals surface area contributed by atoms with Crippen molar-refractivity contribution in [2.24, 2.45) is 10.2 Å². The third-order valence-electron chi connectivity index (χ3n) is 5.70. The highest BCUT2D eigenvalue weighted by Gasteiger charge is 2.24. The zero-order valence-electron chi connectivity index (χ0n) is 19.7. The second-order valence-corrected chi connectivity index (χ2v) is 8.17. The van der Waals surface area contributed by atoms with Crippen LogP contribution in [-0.4, -0.2) is 57.5 Å². The van der Waals surface area contributed by atoms with Crippen molar-refractivity contribution < 1.29 is 15.3 Å². The molecule has 0 aliphatic carbocycles. The Morgan fingerprint density at radius 2 is 1.16 bits per heavy atom. The summed E-state index contributed by atoms with van der Waals surface area (Å²) >= 11 is 0. The quantitative estimate of drug-likeness (QED) is 0.161. The van der Waals surface area contributed by atoms with Crippen LogP contribution in [0.1, 0.15) is 33.7 Å². The van der Waals surface area contributed by atoms with Gasteiger partial charge in [-0.1, -0.05) is 12.1 Å². The molecule has 13 heteroatoms. The Balaban J connectivity index is 1.60. The minimum absolute atomic E-state index is 0.00523. The molecule has 5 aromatic rings. The first-order chi connectivity index (χ1) is 18.4. The average molecular weight is 511 g/mol. The molecule has 0 unspecified atom stereocenters. The van der Waals surface area contributed by atoms with Gasteiger partial charge in [-0.3, -0.25) is 0 Å². The van der Waals surface area contributed by atoms with Crippen LogP contribution in [0.25, 0.3) is 0 Å². The van der Waals surface area contributed by atoms with E-state index in [-0.39, 0.29) is 29.1 Å². The minimum atomic E-state index is -0.634. The van der Waals surface area contributed by atoms with Gasteiger partial charge in [0.25, 0.3) is 0 Å². The van der Waals surface area contributed by atoms with Crippen molar-refractivity contribution in [2.75, 3.05) is 11.5 Å². The van der Waals surface area contributed by atoms with Crippen LogP contribution in [0.2, 0.25) is 0 Å². The van der Waals surface area contributed by atoms with Gasteiger partial charge in [-0.15, -0.1) is 19.8 Å². The zero-order chi connectivity index (χ0) is 26.6. The van der Waals surface area contributed by atoms with Gasteiger partial charge in [0.1, 0.15) is 29.9 Å². The number of benzene rings is 3. The Bertz CT molecular complexity index is 1540. The first-order valence-electron chi connectivity index (χ1n) is 11.2. The lowest BCUT2D eigenvalue weighted by atomic mass is 9.83. The van der Waals surface area contributed by atoms with Gasteiger partial charge in [0.15, 0.2) is 0 Å². The molecule has 38 heavy (non-hydrogen) atoms. The number of anilines is 2. The maximum atomic E-state index is 10.9. The maximum Gasteiger partial charge on any atom is 0.241 e. The molecule has 0 atom stereocenters. The van der Waals surface area contributed by atoms with Crippen molar-refractivity contribution in [1.29, 1.82) is 0 Å². The molecule has 0 spiro atoms. The fourth-order valence-corrected chi connectivity index (χ4v) is 3.87. The van der Waals surface area contributed by atoms with Crippen LogP contribution in [0.5, 0.6) is 17.2 Å². The highest BCUT2D eigenvalue weighted by atomic mass is 16.3. The predicted octanol–water partition coefficient (Wildman–Crippen LogP) is 2.10. The van der Waals surface area contributed by atoms with Gasteiger partial charge in [-0.05, 0) is 65.2 Å². The van der Waals surface area contributed by atoms with E-state index in [1.807, 2.05) is 0 Å². The van der Waals surface area contributed by atoms with Crippen LogP contribution >= 0.6 is 0 Å².